The molecule has 0 N–H and O–H groups in total. The lowest BCUT2D eigenvalue weighted by Crippen LogP contribution is -2.49. The highest BCUT2D eigenvalue weighted by molar-refractivity contribution is 5.70. The van der Waals surface area contributed by atoms with E-state index in [2.05, 4.69) is 14.9 Å². The molecule has 3 aromatic rings. The number of carbonyl (C=O) groups is 1. The molecule has 1 fully saturated rings. The summed E-state index contributed by atoms with van der Waals surface area (Å²) < 4.78 is 48.8. The number of benzene rings is 1. The monoisotopic (exact) mass is 486 g/mol. The third-order valence-corrected chi connectivity index (χ3v) is 5.58. The van der Waals surface area contributed by atoms with E-state index in [1.807, 2.05) is 25.1 Å². The summed E-state index contributed by atoms with van der Waals surface area (Å²) in [4.78, 5) is 24.7. The number of carbonyl (C=O) groups excluding carboxylic acids is 1. The van der Waals surface area contributed by atoms with Gasteiger partial charge in [-0.2, -0.15) is 13.2 Å². The second-order valence-corrected chi connectivity index (χ2v) is 8.17. The van der Waals surface area contributed by atoms with Crippen LogP contribution in [-0.2, 0) is 12.6 Å². The number of aromatic nitrogens is 2. The third-order valence-electron chi connectivity index (χ3n) is 5.58. The number of amides is 1. The number of hydrogen-bond donors (Lipinski definition) is 0. The van der Waals surface area contributed by atoms with Gasteiger partial charge in [0.25, 0.3) is 0 Å². The van der Waals surface area contributed by atoms with Crippen molar-refractivity contribution in [3.05, 3.63) is 77.7 Å². The van der Waals surface area contributed by atoms with Crippen LogP contribution in [0.2, 0.25) is 0 Å². The molecule has 1 amide bonds. The van der Waals surface area contributed by atoms with Gasteiger partial charge in [0.05, 0.1) is 5.56 Å². The lowest BCUT2D eigenvalue weighted by Gasteiger charge is -2.33. The Morgan fingerprint density at radius 3 is 2.31 bits per heavy atom. The van der Waals surface area contributed by atoms with Crippen molar-refractivity contribution in [2.24, 2.45) is 0 Å². The quantitative estimate of drug-likeness (QED) is 0.491. The van der Waals surface area contributed by atoms with Gasteiger partial charge in [-0.1, -0.05) is 6.07 Å². The average Bonchev–Trinajstić information content (AvgIpc) is 2.84. The Morgan fingerprint density at radius 1 is 0.971 bits per heavy atom. The highest BCUT2D eigenvalue weighted by atomic mass is 19.4. The van der Waals surface area contributed by atoms with Crippen molar-refractivity contribution in [3.8, 4) is 17.4 Å². The molecule has 7 nitrogen and oxygen atoms in total. The summed E-state index contributed by atoms with van der Waals surface area (Å²) in [7, 11) is 0. The van der Waals surface area contributed by atoms with Crippen LogP contribution >= 0.6 is 0 Å². The first-order valence-electron chi connectivity index (χ1n) is 11.2. The Bertz CT molecular complexity index is 1130. The Hall–Kier alpha value is -3.66. The molecule has 0 saturated carbocycles. The number of ether oxygens (including phenoxy) is 2. The summed E-state index contributed by atoms with van der Waals surface area (Å²) in [6.07, 6.45) is -3.31. The SMILES string of the molecule is Cc1cccc(CCN2CCN(C(=O)Oc3ccc(Oc4ccc(C(F)(F)F)cn4)cc3)CC2)n1. The molecule has 35 heavy (non-hydrogen) atoms. The number of aryl methyl sites for hydroxylation is 1. The van der Waals surface area contributed by atoms with Crippen molar-refractivity contribution < 1.29 is 27.4 Å². The van der Waals surface area contributed by atoms with Crippen molar-refractivity contribution >= 4 is 6.09 Å². The van der Waals surface area contributed by atoms with E-state index in [9.17, 15) is 18.0 Å². The Kier molecular flexibility index (Phi) is 7.50. The third kappa shape index (κ3) is 6.92. The smallest absolute Gasteiger partial charge is 0.417 e. The number of piperazine rings is 1. The van der Waals surface area contributed by atoms with E-state index in [4.69, 9.17) is 9.47 Å². The van der Waals surface area contributed by atoms with Crippen LogP contribution < -0.4 is 9.47 Å². The van der Waals surface area contributed by atoms with Crippen molar-refractivity contribution in [1.82, 2.24) is 19.8 Å². The topological polar surface area (TPSA) is 67.8 Å². The van der Waals surface area contributed by atoms with Gasteiger partial charge >= 0.3 is 12.3 Å². The van der Waals surface area contributed by atoms with Crippen molar-refractivity contribution in [2.75, 3.05) is 32.7 Å². The van der Waals surface area contributed by atoms with E-state index in [1.165, 1.54) is 0 Å². The van der Waals surface area contributed by atoms with E-state index < -0.39 is 17.8 Å². The first kappa shape index (κ1) is 24.5. The molecule has 1 aliphatic rings. The largest absolute Gasteiger partial charge is 0.439 e. The number of alkyl halides is 3. The molecular formula is C25H25F3N4O3. The molecule has 0 atom stereocenters. The molecular weight excluding hydrogens is 461 g/mol. The maximum absolute atomic E-state index is 12.6. The summed E-state index contributed by atoms with van der Waals surface area (Å²) in [5.41, 5.74) is 1.22. The van der Waals surface area contributed by atoms with Crippen LogP contribution in [0.15, 0.2) is 60.8 Å². The molecule has 1 aliphatic heterocycles. The molecule has 3 heterocycles. The Morgan fingerprint density at radius 2 is 1.69 bits per heavy atom. The van der Waals surface area contributed by atoms with Gasteiger partial charge in [-0.25, -0.2) is 9.78 Å². The molecule has 0 radical (unpaired) electrons. The first-order chi connectivity index (χ1) is 16.8. The highest BCUT2D eigenvalue weighted by Gasteiger charge is 2.30. The molecule has 10 heteroatoms. The fraction of sp³-hybridized carbons (Fsp3) is 0.320. The van der Waals surface area contributed by atoms with Crippen LogP contribution in [0.1, 0.15) is 17.0 Å². The van der Waals surface area contributed by atoms with Gasteiger partial charge in [0.1, 0.15) is 11.5 Å². The number of hydrogen-bond acceptors (Lipinski definition) is 6. The second kappa shape index (κ2) is 10.7. The number of rotatable bonds is 6. The van der Waals surface area contributed by atoms with E-state index in [-0.39, 0.29) is 5.88 Å². The normalized spacial score (nSPS) is 14.6. The minimum absolute atomic E-state index is 0.0267. The lowest BCUT2D eigenvalue weighted by atomic mass is 10.2. The summed E-state index contributed by atoms with van der Waals surface area (Å²) in [6, 6.07) is 14.3. The molecule has 0 spiro atoms. The molecule has 1 aromatic carbocycles. The zero-order valence-electron chi connectivity index (χ0n) is 19.2. The zero-order valence-corrected chi connectivity index (χ0v) is 19.2. The molecule has 0 aliphatic carbocycles. The van der Waals surface area contributed by atoms with Gasteiger partial charge in [-0.15, -0.1) is 0 Å². The van der Waals surface area contributed by atoms with E-state index >= 15 is 0 Å². The maximum Gasteiger partial charge on any atom is 0.417 e. The van der Waals surface area contributed by atoms with E-state index in [0.717, 1.165) is 49.6 Å². The Balaban J connectivity index is 1.22. The van der Waals surface area contributed by atoms with Crippen LogP contribution in [0.5, 0.6) is 17.4 Å². The Labute approximate surface area is 201 Å². The van der Waals surface area contributed by atoms with Gasteiger partial charge in [0.15, 0.2) is 0 Å². The number of pyridine rings is 2. The molecule has 4 rings (SSSR count). The fourth-order valence-corrected chi connectivity index (χ4v) is 3.64. The van der Waals surface area contributed by atoms with Gasteiger partial charge in [0, 0.05) is 62.8 Å². The summed E-state index contributed by atoms with van der Waals surface area (Å²) in [6.45, 7) is 5.52. The van der Waals surface area contributed by atoms with Crippen molar-refractivity contribution in [2.45, 2.75) is 19.5 Å². The minimum Gasteiger partial charge on any atom is -0.439 e. The van der Waals surface area contributed by atoms with Crippen LogP contribution in [0.4, 0.5) is 18.0 Å². The van der Waals surface area contributed by atoms with Gasteiger partial charge in [-0.3, -0.25) is 9.88 Å². The maximum atomic E-state index is 12.6. The second-order valence-electron chi connectivity index (χ2n) is 8.17. The highest BCUT2D eigenvalue weighted by Crippen LogP contribution is 2.30. The predicted molar refractivity (Wildman–Crippen MR) is 122 cm³/mol. The van der Waals surface area contributed by atoms with Gasteiger partial charge in [-0.05, 0) is 49.4 Å². The van der Waals surface area contributed by atoms with Gasteiger partial charge < -0.3 is 14.4 Å². The lowest BCUT2D eigenvalue weighted by molar-refractivity contribution is -0.137. The van der Waals surface area contributed by atoms with Gasteiger partial charge in [0.2, 0.25) is 5.88 Å². The minimum atomic E-state index is -4.46. The average molecular weight is 486 g/mol. The standard InChI is InChI=1S/C25H25F3N4O3/c1-18-3-2-4-20(30-18)11-12-31-13-15-32(16-14-31)24(33)35-22-8-6-21(7-9-22)34-23-10-5-19(17-29-23)25(26,27)28/h2-10,17H,11-16H2,1H3. The van der Waals surface area contributed by atoms with E-state index in [0.29, 0.717) is 30.8 Å². The number of nitrogens with zero attached hydrogens (tertiary/aromatic N) is 4. The summed E-state index contributed by atoms with van der Waals surface area (Å²) in [5, 5.41) is 0. The van der Waals surface area contributed by atoms with Crippen molar-refractivity contribution in [1.29, 1.82) is 0 Å². The molecule has 0 bridgehead atoms. The summed E-state index contributed by atoms with van der Waals surface area (Å²) >= 11 is 0. The van der Waals surface area contributed by atoms with Crippen LogP contribution in [-0.4, -0.2) is 58.6 Å². The molecule has 0 unspecified atom stereocenters. The summed E-state index contributed by atoms with van der Waals surface area (Å²) in [5.74, 6) is 0.725. The fourth-order valence-electron chi connectivity index (χ4n) is 3.64. The predicted octanol–water partition coefficient (Wildman–Crippen LogP) is 4.96. The number of halogens is 3. The molecule has 184 valence electrons. The molecule has 1 saturated heterocycles. The zero-order chi connectivity index (χ0) is 24.8. The molecule has 2 aromatic heterocycles. The van der Waals surface area contributed by atoms with Crippen LogP contribution in [0, 0.1) is 6.92 Å². The van der Waals surface area contributed by atoms with Crippen LogP contribution in [0.3, 0.4) is 0 Å². The van der Waals surface area contributed by atoms with Crippen molar-refractivity contribution in [3.63, 3.8) is 0 Å². The first-order valence-corrected chi connectivity index (χ1v) is 11.2. The van der Waals surface area contributed by atoms with Crippen LogP contribution in [0.25, 0.3) is 0 Å². The van der Waals surface area contributed by atoms with E-state index in [1.54, 1.807) is 29.2 Å².